The van der Waals surface area contributed by atoms with Gasteiger partial charge in [-0.15, -0.1) is 0 Å². The molecule has 0 N–H and O–H groups in total. The number of carbonyl (C=O) groups excluding carboxylic acids is 1. The van der Waals surface area contributed by atoms with E-state index in [0.29, 0.717) is 37.7 Å². The van der Waals surface area contributed by atoms with Gasteiger partial charge in [-0.2, -0.15) is 5.10 Å². The summed E-state index contributed by atoms with van der Waals surface area (Å²) < 4.78 is 19.5. The van der Waals surface area contributed by atoms with E-state index in [1.165, 1.54) is 12.1 Å². The lowest BCUT2D eigenvalue weighted by Crippen LogP contribution is -2.38. The second-order valence-electron chi connectivity index (χ2n) is 10.9. The molecule has 0 spiro atoms. The van der Waals surface area contributed by atoms with Crippen LogP contribution in [0.25, 0.3) is 10.9 Å². The molecule has 210 valence electrons. The maximum Gasteiger partial charge on any atom is 0.410 e. The van der Waals surface area contributed by atoms with Crippen molar-refractivity contribution in [1.29, 1.82) is 0 Å². The summed E-state index contributed by atoms with van der Waals surface area (Å²) in [6.45, 7) is 7.94. The fourth-order valence-electron chi connectivity index (χ4n) is 4.36. The Hall–Kier alpha value is -3.70. The third kappa shape index (κ3) is 7.45. The minimum Gasteiger partial charge on any atom is -0.457 e. The van der Waals surface area contributed by atoms with Crippen LogP contribution in [-0.4, -0.2) is 70.0 Å². The van der Waals surface area contributed by atoms with Gasteiger partial charge in [-0.3, -0.25) is 15.0 Å². The molecule has 0 unspecified atom stereocenters. The highest BCUT2D eigenvalue weighted by molar-refractivity contribution is 5.83. The summed E-state index contributed by atoms with van der Waals surface area (Å²) in [6.07, 6.45) is 2.55. The van der Waals surface area contributed by atoms with Gasteiger partial charge in [0, 0.05) is 50.8 Å². The summed E-state index contributed by atoms with van der Waals surface area (Å²) >= 11 is 0. The number of amides is 1. The van der Waals surface area contributed by atoms with Crippen molar-refractivity contribution in [3.8, 4) is 11.5 Å². The number of non-ortho nitro benzene ring substituents is 1. The highest BCUT2D eigenvalue weighted by Crippen LogP contribution is 2.32. The predicted octanol–water partition coefficient (Wildman–Crippen LogP) is 5.73. The van der Waals surface area contributed by atoms with E-state index in [2.05, 4.69) is 4.90 Å². The number of nitro groups is 1. The van der Waals surface area contributed by atoms with Crippen LogP contribution in [0.15, 0.2) is 42.5 Å². The lowest BCUT2D eigenvalue weighted by atomic mass is 10.1. The van der Waals surface area contributed by atoms with Crippen LogP contribution in [0.3, 0.4) is 0 Å². The highest BCUT2D eigenvalue weighted by atomic mass is 16.6. The molecule has 11 nitrogen and oxygen atoms in total. The van der Waals surface area contributed by atoms with Crippen LogP contribution in [0.5, 0.6) is 11.5 Å². The summed E-state index contributed by atoms with van der Waals surface area (Å²) in [6, 6.07) is 11.8. The zero-order valence-corrected chi connectivity index (χ0v) is 23.3. The Morgan fingerprint density at radius 1 is 1.13 bits per heavy atom. The number of hydrogen-bond donors (Lipinski definition) is 0. The van der Waals surface area contributed by atoms with Gasteiger partial charge in [0.1, 0.15) is 17.1 Å². The standard InChI is InChI=1S/C28H37N5O6/c1-28(2,3)39-27(34)31(5)16-15-30(4)19-24-23-18-22(38-21-11-9-20(10-12-21)33(35)36)13-14-25(23)32(29-24)26-8-6-7-17-37-26/h9-14,18,26H,6-8,15-17,19H2,1-5H3/t26-/m1/s1. The van der Waals surface area contributed by atoms with Crippen LogP contribution >= 0.6 is 0 Å². The molecular weight excluding hydrogens is 502 g/mol. The number of aromatic nitrogens is 2. The fraction of sp³-hybridized carbons (Fsp3) is 0.500. The van der Waals surface area contributed by atoms with Gasteiger partial charge in [-0.1, -0.05) is 0 Å². The van der Waals surface area contributed by atoms with E-state index in [9.17, 15) is 14.9 Å². The predicted molar refractivity (Wildman–Crippen MR) is 147 cm³/mol. The van der Waals surface area contributed by atoms with Crippen LogP contribution < -0.4 is 4.74 Å². The summed E-state index contributed by atoms with van der Waals surface area (Å²) in [5, 5.41) is 16.9. The minimum atomic E-state index is -0.543. The smallest absolute Gasteiger partial charge is 0.410 e. The van der Waals surface area contributed by atoms with Crippen molar-refractivity contribution in [1.82, 2.24) is 19.6 Å². The summed E-state index contributed by atoms with van der Waals surface area (Å²) in [7, 11) is 3.72. The number of hydrogen-bond acceptors (Lipinski definition) is 8. The van der Waals surface area contributed by atoms with Gasteiger partial charge < -0.3 is 19.1 Å². The SMILES string of the molecule is CN(CCN(C)C(=O)OC(C)(C)C)Cc1nn([C@H]2CCCCO2)c2ccc(Oc3ccc([N+](=O)[O-])cc3)cc12. The molecular formula is C28H37N5O6. The molecule has 1 atom stereocenters. The lowest BCUT2D eigenvalue weighted by molar-refractivity contribution is -0.384. The number of nitro benzene ring substituents is 1. The molecule has 1 saturated heterocycles. The molecule has 39 heavy (non-hydrogen) atoms. The number of ether oxygens (including phenoxy) is 3. The molecule has 11 heteroatoms. The Balaban J connectivity index is 1.53. The average molecular weight is 540 g/mol. The maximum atomic E-state index is 12.3. The molecule has 1 fully saturated rings. The van der Waals surface area contributed by atoms with Gasteiger partial charge in [0.2, 0.25) is 0 Å². The first-order valence-electron chi connectivity index (χ1n) is 13.2. The Bertz CT molecular complexity index is 1290. The van der Waals surface area contributed by atoms with Gasteiger partial charge in [0.05, 0.1) is 16.1 Å². The molecule has 0 saturated carbocycles. The molecule has 0 aliphatic carbocycles. The lowest BCUT2D eigenvalue weighted by Gasteiger charge is -2.26. The summed E-state index contributed by atoms with van der Waals surface area (Å²) in [5.41, 5.74) is 1.29. The van der Waals surface area contributed by atoms with E-state index in [0.717, 1.165) is 35.9 Å². The van der Waals surface area contributed by atoms with Crippen LogP contribution in [0.1, 0.15) is 52.0 Å². The molecule has 0 bridgehead atoms. The second-order valence-corrected chi connectivity index (χ2v) is 10.9. The van der Waals surface area contributed by atoms with Crippen molar-refractivity contribution >= 4 is 22.7 Å². The number of carbonyl (C=O) groups is 1. The number of nitrogens with zero attached hydrogens (tertiary/aromatic N) is 5. The maximum absolute atomic E-state index is 12.3. The first kappa shape index (κ1) is 28.3. The molecule has 4 rings (SSSR count). The van der Waals surface area contributed by atoms with Gasteiger partial charge in [-0.05, 0) is 77.4 Å². The van der Waals surface area contributed by atoms with Crippen molar-refractivity contribution in [3.05, 3.63) is 58.3 Å². The largest absolute Gasteiger partial charge is 0.457 e. The van der Waals surface area contributed by atoms with Crippen molar-refractivity contribution < 1.29 is 23.9 Å². The Morgan fingerprint density at radius 2 is 1.85 bits per heavy atom. The topological polar surface area (TPSA) is 112 Å². The number of rotatable bonds is 9. The Morgan fingerprint density at radius 3 is 2.49 bits per heavy atom. The third-order valence-corrected chi connectivity index (χ3v) is 6.41. The van der Waals surface area contributed by atoms with Crippen molar-refractivity contribution in [2.24, 2.45) is 0 Å². The summed E-state index contributed by atoms with van der Waals surface area (Å²) in [4.78, 5) is 26.5. The molecule has 1 aliphatic rings. The molecule has 0 radical (unpaired) electrons. The van der Waals surface area contributed by atoms with Crippen molar-refractivity contribution in [3.63, 3.8) is 0 Å². The fourth-order valence-corrected chi connectivity index (χ4v) is 4.36. The average Bonchev–Trinajstić information content (AvgIpc) is 3.24. The van der Waals surface area contributed by atoms with Crippen LogP contribution in [0.2, 0.25) is 0 Å². The van der Waals surface area contributed by atoms with Gasteiger partial charge in [0.15, 0.2) is 6.23 Å². The first-order valence-corrected chi connectivity index (χ1v) is 13.2. The quantitative estimate of drug-likeness (QED) is 0.250. The normalized spacial score (nSPS) is 15.9. The monoisotopic (exact) mass is 539 g/mol. The number of likely N-dealkylation sites (N-methyl/N-ethyl adjacent to an activating group) is 2. The Kier molecular flexibility index (Phi) is 8.71. The van der Waals surface area contributed by atoms with Crippen LogP contribution in [0, 0.1) is 10.1 Å². The third-order valence-electron chi connectivity index (χ3n) is 6.41. The molecule has 3 aromatic rings. The van der Waals surface area contributed by atoms with Gasteiger partial charge in [0.25, 0.3) is 5.69 Å². The number of benzene rings is 2. The van der Waals surface area contributed by atoms with E-state index in [1.54, 1.807) is 24.1 Å². The van der Waals surface area contributed by atoms with E-state index in [1.807, 2.05) is 50.7 Å². The van der Waals surface area contributed by atoms with Crippen LogP contribution in [-0.2, 0) is 16.0 Å². The van der Waals surface area contributed by atoms with E-state index in [4.69, 9.17) is 19.3 Å². The first-order chi connectivity index (χ1) is 18.5. The molecule has 2 heterocycles. The minimum absolute atomic E-state index is 0.00852. The van der Waals surface area contributed by atoms with E-state index >= 15 is 0 Å². The zero-order valence-electron chi connectivity index (χ0n) is 23.3. The zero-order chi connectivity index (χ0) is 28.2. The van der Waals surface area contributed by atoms with Crippen molar-refractivity contribution in [2.45, 2.75) is 58.4 Å². The summed E-state index contributed by atoms with van der Waals surface area (Å²) in [5.74, 6) is 1.11. The van der Waals surface area contributed by atoms with Gasteiger partial charge >= 0.3 is 6.09 Å². The molecule has 1 aliphatic heterocycles. The Labute approximate surface area is 228 Å². The van der Waals surface area contributed by atoms with Crippen molar-refractivity contribution in [2.75, 3.05) is 33.8 Å². The number of fused-ring (bicyclic) bond motifs is 1. The molecule has 1 aromatic heterocycles. The molecule has 2 aromatic carbocycles. The second kappa shape index (κ2) is 12.0. The molecule has 1 amide bonds. The van der Waals surface area contributed by atoms with Gasteiger partial charge in [-0.25, -0.2) is 9.48 Å². The van der Waals surface area contributed by atoms with Crippen LogP contribution in [0.4, 0.5) is 10.5 Å². The van der Waals surface area contributed by atoms with E-state index in [-0.39, 0.29) is 18.0 Å². The van der Waals surface area contributed by atoms with E-state index < -0.39 is 10.5 Å². The highest BCUT2D eigenvalue weighted by Gasteiger charge is 2.23.